The Balaban J connectivity index is 1.35. The molecule has 2 bridgehead atoms. The molecule has 44 heavy (non-hydrogen) atoms. The van der Waals surface area contributed by atoms with E-state index in [1.165, 1.54) is 11.1 Å². The fourth-order valence-electron chi connectivity index (χ4n) is 8.95. The first kappa shape index (κ1) is 26.0. The quantitative estimate of drug-likeness (QED) is 0.270. The minimum atomic E-state index is -0.817. The third-order valence-electron chi connectivity index (χ3n) is 10.8. The van der Waals surface area contributed by atoms with E-state index in [9.17, 15) is 9.59 Å². The molecule has 0 radical (unpaired) electrons. The molecule has 1 unspecified atom stereocenters. The minimum absolute atomic E-state index is 0.0259. The molecule has 4 aliphatic rings. The second-order valence-corrected chi connectivity index (χ2v) is 13.0. The van der Waals surface area contributed by atoms with Gasteiger partial charge in [-0.1, -0.05) is 60.2 Å². The fraction of sp³-hybridized carbons (Fsp3) is 0.297. The van der Waals surface area contributed by atoms with Gasteiger partial charge >= 0.3 is 0 Å². The monoisotopic (exact) mass is 583 g/mol. The van der Waals surface area contributed by atoms with Crippen molar-refractivity contribution >= 4 is 33.6 Å². The van der Waals surface area contributed by atoms with Crippen LogP contribution in [0.2, 0.25) is 0 Å². The van der Waals surface area contributed by atoms with Gasteiger partial charge in [-0.3, -0.25) is 9.59 Å². The third-order valence-corrected chi connectivity index (χ3v) is 10.8. The molecule has 1 aliphatic carbocycles. The number of fused-ring (bicyclic) bond motifs is 13. The lowest BCUT2D eigenvalue weighted by molar-refractivity contribution is -0.232. The van der Waals surface area contributed by atoms with Crippen LogP contribution in [0.3, 0.4) is 0 Å². The van der Waals surface area contributed by atoms with E-state index >= 15 is 0 Å². The number of aryl methyl sites for hydroxylation is 1. The largest absolute Gasteiger partial charge is 0.376 e. The topological polar surface area (TPSA) is 72.8 Å². The zero-order chi connectivity index (χ0) is 30.1. The number of aromatic nitrogens is 1. The standard InChI is InChI=1S/C37H33N3O4/c1-19-13-15-20(16-14-19)36(42)39(3)26-17-27-40-25-12-8-7-11-23(25)29-30-24(18-38-35(30)41)28-21-9-5-6-10-22(21)32(31(28)33(29)40)37(2,44-27)34(26)43-4/h5-16,26-27,32,34H,17-18H2,1-4H3,(H,38,41)/t26-,27-,32?,34-,37-/m1/s1. The van der Waals surface area contributed by atoms with Crippen molar-refractivity contribution in [3.8, 4) is 11.1 Å². The van der Waals surface area contributed by atoms with Gasteiger partial charge in [0.1, 0.15) is 17.9 Å². The number of carbonyl (C=O) groups excluding carboxylic acids is 2. The van der Waals surface area contributed by atoms with Crippen molar-refractivity contribution in [2.24, 2.45) is 0 Å². The van der Waals surface area contributed by atoms with Crippen LogP contribution in [-0.2, 0) is 16.0 Å². The molecule has 5 aromatic rings. The van der Waals surface area contributed by atoms with Crippen molar-refractivity contribution in [1.82, 2.24) is 14.8 Å². The Hall–Kier alpha value is -4.46. The van der Waals surface area contributed by atoms with E-state index in [4.69, 9.17) is 9.47 Å². The Morgan fingerprint density at radius 3 is 2.59 bits per heavy atom. The molecule has 0 saturated carbocycles. The SMILES string of the molecule is CO[C@@H]1[C@H](N(C)C(=O)c2ccc(C)cc2)C[C@H]2O[C@]1(C)C1c3ccccc3-c3c4c(c5c6ccccc6n2c5c31)C(=O)NC4. The second-order valence-electron chi connectivity index (χ2n) is 13.0. The summed E-state index contributed by atoms with van der Waals surface area (Å²) in [6.45, 7) is 4.69. The number of para-hydroxylation sites is 1. The number of carbonyl (C=O) groups is 2. The van der Waals surface area contributed by atoms with Crippen molar-refractivity contribution in [2.45, 2.75) is 56.7 Å². The Kier molecular flexibility index (Phi) is 5.20. The van der Waals surface area contributed by atoms with Crippen molar-refractivity contribution in [1.29, 1.82) is 0 Å². The van der Waals surface area contributed by atoms with Crippen LogP contribution >= 0.6 is 0 Å². The molecule has 2 amide bonds. The van der Waals surface area contributed by atoms with Gasteiger partial charge in [0, 0.05) is 49.4 Å². The van der Waals surface area contributed by atoms with Gasteiger partial charge in [-0.25, -0.2) is 0 Å². The number of likely N-dealkylation sites (N-methyl/N-ethyl adjacent to an activating group) is 1. The molecule has 1 aromatic heterocycles. The highest BCUT2D eigenvalue weighted by Crippen LogP contribution is 2.62. The van der Waals surface area contributed by atoms with E-state index < -0.39 is 11.7 Å². The lowest BCUT2D eigenvalue weighted by Gasteiger charge is -2.52. The van der Waals surface area contributed by atoms with Crippen LogP contribution in [0.25, 0.3) is 32.9 Å². The summed E-state index contributed by atoms with van der Waals surface area (Å²) in [7, 11) is 3.63. The maximum Gasteiger partial charge on any atom is 0.253 e. The lowest BCUT2D eigenvalue weighted by Crippen LogP contribution is -2.62. The summed E-state index contributed by atoms with van der Waals surface area (Å²) in [5, 5.41) is 5.20. The maximum atomic E-state index is 14.0. The van der Waals surface area contributed by atoms with E-state index in [1.54, 1.807) is 7.11 Å². The highest BCUT2D eigenvalue weighted by atomic mass is 16.6. The number of hydrogen-bond donors (Lipinski definition) is 1. The number of benzene rings is 4. The van der Waals surface area contributed by atoms with Gasteiger partial charge in [-0.15, -0.1) is 0 Å². The molecular formula is C37H33N3O4. The summed E-state index contributed by atoms with van der Waals surface area (Å²) in [5.41, 5.74) is 9.54. The van der Waals surface area contributed by atoms with Gasteiger partial charge < -0.3 is 24.3 Å². The number of amides is 2. The van der Waals surface area contributed by atoms with Gasteiger partial charge in [0.2, 0.25) is 0 Å². The third kappa shape index (κ3) is 3.08. The molecule has 1 N–H and O–H groups in total. The van der Waals surface area contributed by atoms with Crippen LogP contribution in [0.5, 0.6) is 0 Å². The highest BCUT2D eigenvalue weighted by Gasteiger charge is 2.60. The molecule has 9 rings (SSSR count). The molecule has 5 atom stereocenters. The average Bonchev–Trinajstić information content (AvgIpc) is 3.68. The predicted octanol–water partition coefficient (Wildman–Crippen LogP) is 6.31. The van der Waals surface area contributed by atoms with E-state index in [0.717, 1.165) is 49.6 Å². The zero-order valence-electron chi connectivity index (χ0n) is 25.2. The molecule has 220 valence electrons. The first-order valence-corrected chi connectivity index (χ1v) is 15.4. The molecule has 1 fully saturated rings. The molecule has 1 saturated heterocycles. The summed E-state index contributed by atoms with van der Waals surface area (Å²) in [6, 6.07) is 24.4. The first-order valence-electron chi connectivity index (χ1n) is 15.4. The minimum Gasteiger partial charge on any atom is -0.376 e. The molecule has 3 aliphatic heterocycles. The van der Waals surface area contributed by atoms with Crippen LogP contribution in [-0.4, -0.2) is 53.2 Å². The van der Waals surface area contributed by atoms with Crippen LogP contribution < -0.4 is 5.32 Å². The number of hydrogen-bond acceptors (Lipinski definition) is 4. The Labute approximate surface area is 255 Å². The lowest BCUT2D eigenvalue weighted by atomic mass is 9.73. The van der Waals surface area contributed by atoms with Gasteiger partial charge in [0.25, 0.3) is 11.8 Å². The molecule has 7 heteroatoms. The number of rotatable bonds is 3. The second kappa shape index (κ2) is 8.80. The summed E-state index contributed by atoms with van der Waals surface area (Å²) >= 11 is 0. The summed E-state index contributed by atoms with van der Waals surface area (Å²) in [6.07, 6.45) is -0.250. The van der Waals surface area contributed by atoms with Gasteiger partial charge in [-0.2, -0.15) is 0 Å². The fourth-order valence-corrected chi connectivity index (χ4v) is 8.95. The molecule has 7 nitrogen and oxygen atoms in total. The first-order chi connectivity index (χ1) is 21.3. The van der Waals surface area contributed by atoms with Crippen LogP contribution in [0.1, 0.15) is 68.5 Å². The maximum absolute atomic E-state index is 14.0. The Bertz CT molecular complexity index is 2080. The molecule has 0 spiro atoms. The highest BCUT2D eigenvalue weighted by molar-refractivity contribution is 6.23. The molecule has 4 heterocycles. The summed E-state index contributed by atoms with van der Waals surface area (Å²) in [4.78, 5) is 29.4. The van der Waals surface area contributed by atoms with Gasteiger partial charge in [-0.05, 0) is 59.9 Å². The Morgan fingerprint density at radius 1 is 1.05 bits per heavy atom. The van der Waals surface area contributed by atoms with Gasteiger partial charge in [0.05, 0.1) is 22.6 Å². The van der Waals surface area contributed by atoms with E-state index in [1.807, 2.05) is 55.3 Å². The van der Waals surface area contributed by atoms with Gasteiger partial charge in [0.15, 0.2) is 0 Å². The van der Waals surface area contributed by atoms with Crippen molar-refractivity contribution < 1.29 is 19.1 Å². The molecular weight excluding hydrogens is 550 g/mol. The number of ether oxygens (including phenoxy) is 2. The normalized spacial score (nSPS) is 26.0. The van der Waals surface area contributed by atoms with Crippen molar-refractivity contribution in [3.05, 3.63) is 106 Å². The van der Waals surface area contributed by atoms with Crippen molar-refractivity contribution in [2.75, 3.05) is 14.2 Å². The van der Waals surface area contributed by atoms with E-state index in [-0.39, 0.29) is 30.0 Å². The predicted molar refractivity (Wildman–Crippen MR) is 169 cm³/mol. The zero-order valence-corrected chi connectivity index (χ0v) is 25.2. The molecule has 4 aromatic carbocycles. The Morgan fingerprint density at radius 2 is 1.80 bits per heavy atom. The van der Waals surface area contributed by atoms with Crippen LogP contribution in [0.15, 0.2) is 72.8 Å². The van der Waals surface area contributed by atoms with Crippen LogP contribution in [0, 0.1) is 6.92 Å². The van der Waals surface area contributed by atoms with E-state index in [0.29, 0.717) is 18.5 Å². The van der Waals surface area contributed by atoms with Crippen molar-refractivity contribution in [3.63, 3.8) is 0 Å². The average molecular weight is 584 g/mol. The number of methoxy groups -OCH3 is 1. The smallest absolute Gasteiger partial charge is 0.253 e. The van der Waals surface area contributed by atoms with Crippen LogP contribution in [0.4, 0.5) is 0 Å². The number of nitrogens with zero attached hydrogens (tertiary/aromatic N) is 2. The van der Waals surface area contributed by atoms with E-state index in [2.05, 4.69) is 53.2 Å². The summed E-state index contributed by atoms with van der Waals surface area (Å²) < 4.78 is 16.1. The number of nitrogens with one attached hydrogen (secondary N) is 1. The summed E-state index contributed by atoms with van der Waals surface area (Å²) in [5.74, 6) is -0.231.